The van der Waals surface area contributed by atoms with E-state index in [4.69, 9.17) is 11.6 Å². The fourth-order valence-electron chi connectivity index (χ4n) is 2.74. The van der Waals surface area contributed by atoms with Crippen molar-refractivity contribution in [3.8, 4) is 5.69 Å². The van der Waals surface area contributed by atoms with Gasteiger partial charge in [0, 0.05) is 27.5 Å². The predicted octanol–water partition coefficient (Wildman–Crippen LogP) is 5.24. The van der Waals surface area contributed by atoms with Crippen LogP contribution in [0.25, 0.3) is 27.5 Å². The molecule has 1 radical (unpaired) electrons. The Kier molecular flexibility index (Phi) is 2.54. The summed E-state index contributed by atoms with van der Waals surface area (Å²) in [5.74, 6) is 0. The molecule has 0 aliphatic heterocycles. The standard InChI is InChI=1S/C18H11ClN/c19-13-10-11-18-16(12-13)15-8-4-5-9-17(15)20(18)14-6-2-1-3-7-14/h1-9,11-12H. The maximum atomic E-state index is 6.11. The fourth-order valence-corrected chi connectivity index (χ4v) is 2.90. The quantitative estimate of drug-likeness (QED) is 0.448. The van der Waals surface area contributed by atoms with Crippen LogP contribution in [0, 0.1) is 6.07 Å². The first kappa shape index (κ1) is 11.6. The molecule has 0 aliphatic carbocycles. The number of halogens is 1. The largest absolute Gasteiger partial charge is 0.309 e. The number of hydrogen-bond donors (Lipinski definition) is 0. The number of rotatable bonds is 1. The summed E-state index contributed by atoms with van der Waals surface area (Å²) in [6.45, 7) is 0. The van der Waals surface area contributed by atoms with Gasteiger partial charge in [-0.15, -0.1) is 0 Å². The molecule has 0 N–H and O–H groups in total. The number of hydrogen-bond acceptors (Lipinski definition) is 0. The highest BCUT2D eigenvalue weighted by atomic mass is 35.5. The van der Waals surface area contributed by atoms with Gasteiger partial charge in [0.2, 0.25) is 0 Å². The zero-order valence-electron chi connectivity index (χ0n) is 10.7. The van der Waals surface area contributed by atoms with Gasteiger partial charge in [-0.3, -0.25) is 0 Å². The third kappa shape index (κ3) is 1.64. The topological polar surface area (TPSA) is 4.93 Å². The van der Waals surface area contributed by atoms with E-state index >= 15 is 0 Å². The first-order valence-corrected chi connectivity index (χ1v) is 6.88. The van der Waals surface area contributed by atoms with Gasteiger partial charge in [0.15, 0.2) is 0 Å². The molecule has 0 spiro atoms. The molecule has 20 heavy (non-hydrogen) atoms. The Morgan fingerprint density at radius 1 is 0.800 bits per heavy atom. The molecular formula is C18H11ClN. The molecule has 0 fully saturated rings. The van der Waals surface area contributed by atoms with E-state index < -0.39 is 0 Å². The van der Waals surface area contributed by atoms with Gasteiger partial charge in [0.1, 0.15) is 0 Å². The van der Waals surface area contributed by atoms with Crippen LogP contribution in [0.1, 0.15) is 0 Å². The summed E-state index contributed by atoms with van der Waals surface area (Å²) in [5.41, 5.74) is 3.46. The lowest BCUT2D eigenvalue weighted by Crippen LogP contribution is -1.92. The van der Waals surface area contributed by atoms with E-state index in [1.54, 1.807) is 0 Å². The van der Waals surface area contributed by atoms with Gasteiger partial charge in [0.05, 0.1) is 11.0 Å². The first-order valence-electron chi connectivity index (χ1n) is 6.50. The Labute approximate surface area is 122 Å². The number of nitrogens with zero attached hydrogens (tertiary/aromatic N) is 1. The molecule has 0 aliphatic rings. The molecule has 0 atom stereocenters. The van der Waals surface area contributed by atoms with Crippen molar-refractivity contribution in [1.82, 2.24) is 4.57 Å². The minimum Gasteiger partial charge on any atom is -0.309 e. The van der Waals surface area contributed by atoms with Crippen LogP contribution >= 0.6 is 11.6 Å². The molecule has 3 aromatic carbocycles. The lowest BCUT2D eigenvalue weighted by Gasteiger charge is -2.06. The van der Waals surface area contributed by atoms with Crippen LogP contribution in [0.2, 0.25) is 5.02 Å². The van der Waals surface area contributed by atoms with Crippen LogP contribution in [0.5, 0.6) is 0 Å². The van der Waals surface area contributed by atoms with Crippen LogP contribution < -0.4 is 0 Å². The molecule has 1 nitrogen and oxygen atoms in total. The van der Waals surface area contributed by atoms with E-state index in [9.17, 15) is 0 Å². The van der Waals surface area contributed by atoms with Gasteiger partial charge in [-0.25, -0.2) is 0 Å². The van der Waals surface area contributed by atoms with E-state index in [0.717, 1.165) is 16.6 Å². The summed E-state index contributed by atoms with van der Waals surface area (Å²) in [6, 6.07) is 25.8. The van der Waals surface area contributed by atoms with Crippen molar-refractivity contribution in [2.24, 2.45) is 0 Å². The summed E-state index contributed by atoms with van der Waals surface area (Å²) in [6.07, 6.45) is 0. The monoisotopic (exact) mass is 276 g/mol. The van der Waals surface area contributed by atoms with E-state index in [-0.39, 0.29) is 0 Å². The van der Waals surface area contributed by atoms with Crippen molar-refractivity contribution in [3.63, 3.8) is 0 Å². The number of fused-ring (bicyclic) bond motifs is 3. The van der Waals surface area contributed by atoms with Crippen molar-refractivity contribution in [3.05, 3.63) is 77.8 Å². The van der Waals surface area contributed by atoms with E-state index in [1.165, 1.54) is 10.9 Å². The van der Waals surface area contributed by atoms with Gasteiger partial charge in [0.25, 0.3) is 0 Å². The molecule has 95 valence electrons. The summed E-state index contributed by atoms with van der Waals surface area (Å²) in [4.78, 5) is 0. The smallest absolute Gasteiger partial charge is 0.0548 e. The average Bonchev–Trinajstić information content (AvgIpc) is 2.82. The molecule has 4 aromatic rings. The Bertz CT molecular complexity index is 907. The zero-order valence-corrected chi connectivity index (χ0v) is 11.4. The lowest BCUT2D eigenvalue weighted by atomic mass is 10.2. The van der Waals surface area contributed by atoms with Crippen molar-refractivity contribution in [2.75, 3.05) is 0 Å². The minimum atomic E-state index is 0.647. The number of para-hydroxylation sites is 2. The van der Waals surface area contributed by atoms with Crippen molar-refractivity contribution in [1.29, 1.82) is 0 Å². The van der Waals surface area contributed by atoms with Crippen molar-refractivity contribution >= 4 is 33.4 Å². The summed E-state index contributed by atoms with van der Waals surface area (Å²) in [7, 11) is 0. The highest BCUT2D eigenvalue weighted by Crippen LogP contribution is 2.33. The third-order valence-corrected chi connectivity index (χ3v) is 3.80. The van der Waals surface area contributed by atoms with E-state index in [2.05, 4.69) is 59.2 Å². The molecule has 0 saturated heterocycles. The Morgan fingerprint density at radius 3 is 2.40 bits per heavy atom. The average molecular weight is 277 g/mol. The van der Waals surface area contributed by atoms with Gasteiger partial charge < -0.3 is 4.57 Å². The number of benzene rings is 3. The maximum Gasteiger partial charge on any atom is 0.0548 e. The van der Waals surface area contributed by atoms with Gasteiger partial charge in [-0.1, -0.05) is 48.0 Å². The first-order chi connectivity index (χ1) is 9.84. The molecule has 0 bridgehead atoms. The van der Waals surface area contributed by atoms with Gasteiger partial charge >= 0.3 is 0 Å². The second kappa shape index (κ2) is 4.39. The summed E-state index contributed by atoms with van der Waals surface area (Å²) >= 11 is 6.11. The van der Waals surface area contributed by atoms with Crippen molar-refractivity contribution in [2.45, 2.75) is 0 Å². The van der Waals surface area contributed by atoms with Crippen LogP contribution in [-0.4, -0.2) is 4.57 Å². The normalized spacial score (nSPS) is 11.2. The lowest BCUT2D eigenvalue weighted by molar-refractivity contribution is 1.18. The predicted molar refractivity (Wildman–Crippen MR) is 84.6 cm³/mol. The summed E-state index contributed by atoms with van der Waals surface area (Å²) in [5, 5.41) is 3.02. The highest BCUT2D eigenvalue weighted by molar-refractivity contribution is 6.31. The molecule has 1 heterocycles. The molecule has 0 saturated carbocycles. The maximum absolute atomic E-state index is 6.11. The van der Waals surface area contributed by atoms with Gasteiger partial charge in [-0.2, -0.15) is 0 Å². The molecule has 0 amide bonds. The molecule has 0 unspecified atom stereocenters. The van der Waals surface area contributed by atoms with Gasteiger partial charge in [-0.05, 0) is 30.3 Å². The number of aromatic nitrogens is 1. The molecule has 4 rings (SSSR count). The fraction of sp³-hybridized carbons (Fsp3) is 0. The summed E-state index contributed by atoms with van der Waals surface area (Å²) < 4.78 is 2.25. The second-order valence-electron chi connectivity index (χ2n) is 4.77. The minimum absolute atomic E-state index is 0.647. The molecule has 1 aromatic heterocycles. The van der Waals surface area contributed by atoms with E-state index in [0.29, 0.717) is 5.02 Å². The Hall–Kier alpha value is -2.25. The van der Waals surface area contributed by atoms with E-state index in [1.807, 2.05) is 18.2 Å². The molecular weight excluding hydrogens is 266 g/mol. The third-order valence-electron chi connectivity index (χ3n) is 3.58. The second-order valence-corrected chi connectivity index (χ2v) is 5.18. The van der Waals surface area contributed by atoms with Crippen LogP contribution in [-0.2, 0) is 0 Å². The molecule has 2 heteroatoms. The Morgan fingerprint density at radius 2 is 1.55 bits per heavy atom. The van der Waals surface area contributed by atoms with Crippen LogP contribution in [0.4, 0.5) is 0 Å². The van der Waals surface area contributed by atoms with Crippen LogP contribution in [0.3, 0.4) is 0 Å². The van der Waals surface area contributed by atoms with Crippen LogP contribution in [0.15, 0.2) is 66.7 Å². The zero-order chi connectivity index (χ0) is 13.5. The Balaban J connectivity index is 2.22. The SMILES string of the molecule is Clc1[c]cc2c(c1)c1ccccc1n2-c1ccccc1. The highest BCUT2D eigenvalue weighted by Gasteiger charge is 2.11. The van der Waals surface area contributed by atoms with Crippen molar-refractivity contribution < 1.29 is 0 Å².